The Morgan fingerprint density at radius 2 is 1.70 bits per heavy atom. The first-order valence-electron chi connectivity index (χ1n) is 10.8. The highest BCUT2D eigenvalue weighted by atomic mass is 19.1. The van der Waals surface area contributed by atoms with Gasteiger partial charge in [0.1, 0.15) is 17.3 Å². The number of nitrogens with one attached hydrogen (secondary N) is 1. The van der Waals surface area contributed by atoms with Gasteiger partial charge in [0, 0.05) is 11.8 Å². The van der Waals surface area contributed by atoms with E-state index in [1.165, 1.54) is 24.3 Å². The van der Waals surface area contributed by atoms with Crippen LogP contribution in [0.4, 0.5) is 15.8 Å². The maximum atomic E-state index is 13.6. The van der Waals surface area contributed by atoms with E-state index < -0.39 is 11.8 Å². The molecular weight excluding hydrogens is 419 g/mol. The maximum absolute atomic E-state index is 13.6. The van der Waals surface area contributed by atoms with Gasteiger partial charge >= 0.3 is 0 Å². The molecule has 0 unspecified atom stereocenters. The van der Waals surface area contributed by atoms with Crippen LogP contribution in [0, 0.1) is 19.7 Å². The number of anilines is 2. The van der Waals surface area contributed by atoms with Crippen LogP contribution in [-0.2, 0) is 9.59 Å². The number of carbonyl (C=O) groups excluding carboxylic acids is 2. The number of aryl methyl sites for hydroxylation is 2. The monoisotopic (exact) mass is 444 g/mol. The lowest BCUT2D eigenvalue weighted by molar-refractivity contribution is -0.120. The van der Waals surface area contributed by atoms with E-state index in [1.807, 2.05) is 39.0 Å². The molecule has 1 aliphatic heterocycles. The molecular formula is C27H25FN2O3. The highest BCUT2D eigenvalue weighted by Gasteiger charge is 2.40. The quantitative estimate of drug-likeness (QED) is 0.480. The molecule has 6 heteroatoms. The predicted octanol–water partition coefficient (Wildman–Crippen LogP) is 5.63. The van der Waals surface area contributed by atoms with Gasteiger partial charge in [0.2, 0.25) is 0 Å². The summed E-state index contributed by atoms with van der Waals surface area (Å²) in [6.45, 7) is 6.42. The molecule has 1 aliphatic rings. The molecule has 1 heterocycles. The van der Waals surface area contributed by atoms with Crippen LogP contribution in [0.3, 0.4) is 0 Å². The summed E-state index contributed by atoms with van der Waals surface area (Å²) in [5.41, 5.74) is 3.98. The molecule has 0 atom stereocenters. The first-order valence-corrected chi connectivity index (χ1v) is 10.8. The fourth-order valence-electron chi connectivity index (χ4n) is 3.83. The largest absolute Gasteiger partial charge is 0.494 e. The summed E-state index contributed by atoms with van der Waals surface area (Å²) < 4.78 is 19.1. The second-order valence-electron chi connectivity index (χ2n) is 7.99. The molecule has 0 aliphatic carbocycles. The fourth-order valence-corrected chi connectivity index (χ4v) is 3.83. The van der Waals surface area contributed by atoms with Crippen LogP contribution in [0.1, 0.15) is 30.0 Å². The summed E-state index contributed by atoms with van der Waals surface area (Å²) in [7, 11) is 0. The summed E-state index contributed by atoms with van der Waals surface area (Å²) >= 11 is 0. The zero-order chi connectivity index (χ0) is 23.5. The Morgan fingerprint density at radius 3 is 2.39 bits per heavy atom. The van der Waals surface area contributed by atoms with E-state index in [0.29, 0.717) is 29.3 Å². The number of nitrogens with zero attached hydrogens (tertiary/aromatic N) is 1. The van der Waals surface area contributed by atoms with Crippen molar-refractivity contribution in [1.82, 2.24) is 0 Å². The molecule has 0 fully saturated rings. The number of hydrogen-bond donors (Lipinski definition) is 1. The smallest absolute Gasteiger partial charge is 0.282 e. The van der Waals surface area contributed by atoms with Gasteiger partial charge in [0.25, 0.3) is 11.8 Å². The minimum Gasteiger partial charge on any atom is -0.494 e. The Kier molecular flexibility index (Phi) is 6.27. The standard InChI is InChI=1S/C27H25FN2O3/c1-4-14-33-22-7-5-6-21(16-22)30-26(31)24(23-13-8-17(2)15-18(23)3)25(27(30)32)29-20-11-9-19(28)10-12-20/h5-13,15-16,29H,4,14H2,1-3H3. The Labute approximate surface area is 192 Å². The third kappa shape index (κ3) is 4.51. The van der Waals surface area contributed by atoms with Crippen LogP contribution in [-0.4, -0.2) is 18.4 Å². The normalized spacial score (nSPS) is 13.6. The SMILES string of the molecule is CCCOc1cccc(N2C(=O)C(Nc3ccc(F)cc3)=C(c3ccc(C)cc3C)C2=O)c1. The molecule has 2 amide bonds. The van der Waals surface area contributed by atoms with E-state index in [0.717, 1.165) is 22.4 Å². The summed E-state index contributed by atoms with van der Waals surface area (Å²) in [6.07, 6.45) is 0.843. The second-order valence-corrected chi connectivity index (χ2v) is 7.99. The first kappa shape index (κ1) is 22.3. The molecule has 33 heavy (non-hydrogen) atoms. The Bertz CT molecular complexity index is 1250. The van der Waals surface area contributed by atoms with E-state index >= 15 is 0 Å². The Balaban J connectivity index is 1.79. The van der Waals surface area contributed by atoms with Gasteiger partial charge in [-0.2, -0.15) is 0 Å². The number of rotatable bonds is 7. The first-order chi connectivity index (χ1) is 15.9. The lowest BCUT2D eigenvalue weighted by Gasteiger charge is -2.17. The highest BCUT2D eigenvalue weighted by molar-refractivity contribution is 6.46. The molecule has 0 saturated heterocycles. The van der Waals surface area contributed by atoms with E-state index in [1.54, 1.807) is 24.3 Å². The summed E-state index contributed by atoms with van der Waals surface area (Å²) in [5.74, 6) is -0.706. The summed E-state index contributed by atoms with van der Waals surface area (Å²) in [4.78, 5) is 28.3. The van der Waals surface area contributed by atoms with Gasteiger partial charge in [-0.3, -0.25) is 9.59 Å². The average molecular weight is 445 g/mol. The van der Waals surface area contributed by atoms with Gasteiger partial charge in [-0.25, -0.2) is 9.29 Å². The number of imide groups is 1. The zero-order valence-corrected chi connectivity index (χ0v) is 18.8. The van der Waals surface area contributed by atoms with E-state index in [9.17, 15) is 14.0 Å². The lowest BCUT2D eigenvalue weighted by atomic mass is 9.97. The van der Waals surface area contributed by atoms with Crippen LogP contribution in [0.5, 0.6) is 5.75 Å². The van der Waals surface area contributed by atoms with Gasteiger partial charge < -0.3 is 10.1 Å². The number of hydrogen-bond acceptors (Lipinski definition) is 4. The fraction of sp³-hybridized carbons (Fsp3) is 0.185. The van der Waals surface area contributed by atoms with Crippen LogP contribution in [0.15, 0.2) is 72.4 Å². The number of ether oxygens (including phenoxy) is 1. The molecule has 5 nitrogen and oxygen atoms in total. The molecule has 3 aromatic rings. The van der Waals surface area contributed by atoms with Crippen molar-refractivity contribution in [3.63, 3.8) is 0 Å². The van der Waals surface area contributed by atoms with Crippen molar-refractivity contribution >= 4 is 28.8 Å². The molecule has 0 bridgehead atoms. The predicted molar refractivity (Wildman–Crippen MR) is 128 cm³/mol. The molecule has 0 aromatic heterocycles. The molecule has 4 rings (SSSR count). The van der Waals surface area contributed by atoms with E-state index in [2.05, 4.69) is 5.32 Å². The summed E-state index contributed by atoms with van der Waals surface area (Å²) in [5, 5.41) is 3.06. The number of halogens is 1. The number of benzene rings is 3. The van der Waals surface area contributed by atoms with Crippen molar-refractivity contribution in [2.24, 2.45) is 0 Å². The van der Waals surface area contributed by atoms with Gasteiger partial charge in [-0.15, -0.1) is 0 Å². The zero-order valence-electron chi connectivity index (χ0n) is 18.8. The third-order valence-electron chi connectivity index (χ3n) is 5.40. The Morgan fingerprint density at radius 1 is 0.939 bits per heavy atom. The lowest BCUT2D eigenvalue weighted by Crippen LogP contribution is -2.32. The van der Waals surface area contributed by atoms with Crippen molar-refractivity contribution in [2.75, 3.05) is 16.8 Å². The number of amides is 2. The van der Waals surface area contributed by atoms with Crippen molar-refractivity contribution < 1.29 is 18.7 Å². The second kappa shape index (κ2) is 9.28. The van der Waals surface area contributed by atoms with Crippen LogP contribution >= 0.6 is 0 Å². The van der Waals surface area contributed by atoms with Crippen molar-refractivity contribution in [3.8, 4) is 5.75 Å². The van der Waals surface area contributed by atoms with Gasteiger partial charge in [0.15, 0.2) is 0 Å². The Hall–Kier alpha value is -3.93. The van der Waals surface area contributed by atoms with Crippen LogP contribution in [0.2, 0.25) is 0 Å². The van der Waals surface area contributed by atoms with Gasteiger partial charge in [-0.1, -0.05) is 36.8 Å². The number of carbonyl (C=O) groups is 2. The van der Waals surface area contributed by atoms with E-state index in [4.69, 9.17) is 4.74 Å². The minimum absolute atomic E-state index is 0.151. The third-order valence-corrected chi connectivity index (χ3v) is 5.40. The van der Waals surface area contributed by atoms with Crippen LogP contribution in [0.25, 0.3) is 5.57 Å². The molecule has 0 spiro atoms. The van der Waals surface area contributed by atoms with Crippen LogP contribution < -0.4 is 15.0 Å². The van der Waals surface area contributed by atoms with Crippen molar-refractivity contribution in [2.45, 2.75) is 27.2 Å². The van der Waals surface area contributed by atoms with Crippen molar-refractivity contribution in [1.29, 1.82) is 0 Å². The molecule has 0 radical (unpaired) electrons. The van der Waals surface area contributed by atoms with E-state index in [-0.39, 0.29) is 17.1 Å². The van der Waals surface area contributed by atoms with Crippen molar-refractivity contribution in [3.05, 3.63) is 94.9 Å². The molecule has 168 valence electrons. The molecule has 0 saturated carbocycles. The van der Waals surface area contributed by atoms with Gasteiger partial charge in [0.05, 0.1) is 17.9 Å². The summed E-state index contributed by atoms with van der Waals surface area (Å²) in [6, 6.07) is 18.3. The van der Waals surface area contributed by atoms with Gasteiger partial charge in [-0.05, 0) is 67.8 Å². The minimum atomic E-state index is -0.480. The highest BCUT2D eigenvalue weighted by Crippen LogP contribution is 2.36. The molecule has 3 aromatic carbocycles. The topological polar surface area (TPSA) is 58.6 Å². The average Bonchev–Trinajstić information content (AvgIpc) is 3.03. The maximum Gasteiger partial charge on any atom is 0.282 e. The molecule has 1 N–H and O–H groups in total.